The Labute approximate surface area is 125 Å². The molecule has 2 aromatic rings. The summed E-state index contributed by atoms with van der Waals surface area (Å²) in [4.78, 5) is 16.5. The number of nitrogens with one attached hydrogen (secondary N) is 2. The van der Waals surface area contributed by atoms with Gasteiger partial charge in [-0.05, 0) is 42.7 Å². The van der Waals surface area contributed by atoms with Gasteiger partial charge in [-0.15, -0.1) is 0 Å². The van der Waals surface area contributed by atoms with E-state index >= 15 is 0 Å². The molecule has 0 fully saturated rings. The number of carbonyl (C=O) groups excluding carboxylic acids is 1. The zero-order valence-electron chi connectivity index (χ0n) is 12.7. The molecule has 1 heterocycles. The van der Waals surface area contributed by atoms with Crippen LogP contribution in [-0.4, -0.2) is 17.4 Å². The minimum absolute atomic E-state index is 0.202. The van der Waals surface area contributed by atoms with E-state index in [9.17, 15) is 4.79 Å². The summed E-state index contributed by atoms with van der Waals surface area (Å²) in [7, 11) is 0. The maximum absolute atomic E-state index is 12.2. The Morgan fingerprint density at radius 2 is 1.86 bits per heavy atom. The van der Waals surface area contributed by atoms with Crippen molar-refractivity contribution in [2.45, 2.75) is 26.7 Å². The number of hydrogen-bond acceptors (Lipinski definition) is 3. The summed E-state index contributed by atoms with van der Waals surface area (Å²) in [5.41, 5.74) is 2.43. The van der Waals surface area contributed by atoms with E-state index in [1.54, 1.807) is 6.07 Å². The van der Waals surface area contributed by atoms with Crippen LogP contribution < -0.4 is 10.6 Å². The lowest BCUT2D eigenvalue weighted by atomic mass is 10.0. The number of anilines is 2. The number of carbonyl (C=O) groups is 1. The van der Waals surface area contributed by atoms with Gasteiger partial charge in [0.25, 0.3) is 5.91 Å². The van der Waals surface area contributed by atoms with Crippen LogP contribution in [0.1, 0.15) is 42.7 Å². The first-order chi connectivity index (χ1) is 10.1. The highest BCUT2D eigenvalue weighted by Crippen LogP contribution is 2.17. The topological polar surface area (TPSA) is 54.0 Å². The van der Waals surface area contributed by atoms with E-state index in [1.165, 1.54) is 5.56 Å². The zero-order valence-corrected chi connectivity index (χ0v) is 12.7. The molecule has 0 atom stereocenters. The van der Waals surface area contributed by atoms with Gasteiger partial charge in [0.15, 0.2) is 0 Å². The van der Waals surface area contributed by atoms with Crippen molar-refractivity contribution >= 4 is 17.4 Å². The number of nitrogens with zero attached hydrogens (tertiary/aromatic N) is 1. The van der Waals surface area contributed by atoms with Crippen LogP contribution in [-0.2, 0) is 0 Å². The quantitative estimate of drug-likeness (QED) is 0.875. The maximum Gasteiger partial charge on any atom is 0.274 e. The summed E-state index contributed by atoms with van der Waals surface area (Å²) in [5, 5.41) is 5.96. The van der Waals surface area contributed by atoms with Gasteiger partial charge in [-0.1, -0.05) is 32.0 Å². The predicted octanol–water partition coefficient (Wildman–Crippen LogP) is 3.89. The van der Waals surface area contributed by atoms with Crippen molar-refractivity contribution in [1.29, 1.82) is 0 Å². The molecule has 2 N–H and O–H groups in total. The molecule has 21 heavy (non-hydrogen) atoms. The lowest BCUT2D eigenvalue weighted by Crippen LogP contribution is -2.14. The van der Waals surface area contributed by atoms with E-state index < -0.39 is 0 Å². The summed E-state index contributed by atoms with van der Waals surface area (Å²) in [6.07, 6.45) is 0. The van der Waals surface area contributed by atoms with Crippen molar-refractivity contribution in [2.24, 2.45) is 0 Å². The molecule has 0 aliphatic heterocycles. The van der Waals surface area contributed by atoms with E-state index in [2.05, 4.69) is 29.5 Å². The van der Waals surface area contributed by atoms with Crippen LogP contribution in [0.25, 0.3) is 0 Å². The first kappa shape index (κ1) is 15.0. The van der Waals surface area contributed by atoms with Crippen molar-refractivity contribution in [3.63, 3.8) is 0 Å². The van der Waals surface area contributed by atoms with Crippen molar-refractivity contribution in [3.8, 4) is 0 Å². The van der Waals surface area contributed by atoms with Crippen molar-refractivity contribution < 1.29 is 4.79 Å². The first-order valence-corrected chi connectivity index (χ1v) is 7.22. The number of aromatic nitrogens is 1. The third-order valence-corrected chi connectivity index (χ3v) is 3.17. The van der Waals surface area contributed by atoms with Gasteiger partial charge in [0, 0.05) is 12.2 Å². The highest BCUT2D eigenvalue weighted by molar-refractivity contribution is 6.03. The highest BCUT2D eigenvalue weighted by Gasteiger charge is 2.08. The highest BCUT2D eigenvalue weighted by atomic mass is 16.1. The number of hydrogen-bond donors (Lipinski definition) is 2. The van der Waals surface area contributed by atoms with E-state index in [0.29, 0.717) is 17.4 Å². The van der Waals surface area contributed by atoms with Gasteiger partial charge in [-0.2, -0.15) is 0 Å². The minimum Gasteiger partial charge on any atom is -0.370 e. The zero-order chi connectivity index (χ0) is 15.2. The van der Waals surface area contributed by atoms with Gasteiger partial charge in [-0.3, -0.25) is 4.79 Å². The van der Waals surface area contributed by atoms with Crippen LogP contribution in [0.15, 0.2) is 42.5 Å². The molecule has 0 spiro atoms. The van der Waals surface area contributed by atoms with Crippen LogP contribution in [0.5, 0.6) is 0 Å². The number of amides is 1. The Morgan fingerprint density at radius 1 is 1.14 bits per heavy atom. The third-order valence-electron chi connectivity index (χ3n) is 3.17. The summed E-state index contributed by atoms with van der Waals surface area (Å²) in [6.45, 7) is 7.05. The van der Waals surface area contributed by atoms with E-state index in [0.717, 1.165) is 12.2 Å². The van der Waals surface area contributed by atoms with Gasteiger partial charge < -0.3 is 10.6 Å². The fraction of sp³-hybridized carbons (Fsp3) is 0.294. The van der Waals surface area contributed by atoms with Gasteiger partial charge in [0.1, 0.15) is 11.5 Å². The van der Waals surface area contributed by atoms with Crippen LogP contribution in [0.3, 0.4) is 0 Å². The molecule has 0 aliphatic rings. The Kier molecular flexibility index (Phi) is 4.93. The lowest BCUT2D eigenvalue weighted by molar-refractivity contribution is 0.102. The van der Waals surface area contributed by atoms with E-state index in [-0.39, 0.29) is 5.91 Å². The average molecular weight is 283 g/mol. The normalized spacial score (nSPS) is 10.5. The van der Waals surface area contributed by atoms with Gasteiger partial charge in [0.05, 0.1) is 0 Å². The average Bonchev–Trinajstić information content (AvgIpc) is 2.48. The second-order valence-corrected chi connectivity index (χ2v) is 5.17. The van der Waals surface area contributed by atoms with Crippen LogP contribution in [0.2, 0.25) is 0 Å². The number of pyridine rings is 1. The second kappa shape index (κ2) is 6.88. The molecule has 1 aromatic heterocycles. The Balaban J connectivity index is 2.08. The van der Waals surface area contributed by atoms with Crippen molar-refractivity contribution in [2.75, 3.05) is 17.2 Å². The SMILES string of the molecule is CCNc1cccc(C(=O)Nc2ccc(C(C)C)cc2)n1. The van der Waals surface area contributed by atoms with Gasteiger partial charge in [-0.25, -0.2) is 4.98 Å². The molecule has 4 heteroatoms. The number of rotatable bonds is 5. The fourth-order valence-electron chi connectivity index (χ4n) is 1.99. The molecule has 0 saturated heterocycles. The molecule has 0 unspecified atom stereocenters. The Morgan fingerprint density at radius 3 is 2.48 bits per heavy atom. The summed E-state index contributed by atoms with van der Waals surface area (Å²) in [5.74, 6) is 0.987. The van der Waals surface area contributed by atoms with Crippen LogP contribution >= 0.6 is 0 Å². The first-order valence-electron chi connectivity index (χ1n) is 7.22. The molecule has 1 amide bonds. The molecule has 1 aromatic carbocycles. The molecule has 4 nitrogen and oxygen atoms in total. The summed E-state index contributed by atoms with van der Waals surface area (Å²) >= 11 is 0. The minimum atomic E-state index is -0.202. The smallest absolute Gasteiger partial charge is 0.274 e. The molecule has 2 rings (SSSR count). The van der Waals surface area contributed by atoms with Gasteiger partial charge >= 0.3 is 0 Å². The predicted molar refractivity (Wildman–Crippen MR) is 86.9 cm³/mol. The van der Waals surface area contributed by atoms with E-state index in [1.807, 2.05) is 43.3 Å². The molecular weight excluding hydrogens is 262 g/mol. The maximum atomic E-state index is 12.2. The largest absolute Gasteiger partial charge is 0.370 e. The monoisotopic (exact) mass is 283 g/mol. The second-order valence-electron chi connectivity index (χ2n) is 5.17. The summed E-state index contributed by atoms with van der Waals surface area (Å²) < 4.78 is 0. The molecule has 0 radical (unpaired) electrons. The van der Waals surface area contributed by atoms with Crippen LogP contribution in [0.4, 0.5) is 11.5 Å². The van der Waals surface area contributed by atoms with E-state index in [4.69, 9.17) is 0 Å². The number of benzene rings is 1. The Bertz CT molecular complexity index is 606. The molecule has 0 saturated carbocycles. The summed E-state index contributed by atoms with van der Waals surface area (Å²) in [6, 6.07) is 13.3. The van der Waals surface area contributed by atoms with Crippen molar-refractivity contribution in [3.05, 3.63) is 53.7 Å². The lowest BCUT2D eigenvalue weighted by Gasteiger charge is -2.09. The molecule has 0 aliphatic carbocycles. The van der Waals surface area contributed by atoms with Crippen LogP contribution in [0, 0.1) is 0 Å². The Hall–Kier alpha value is -2.36. The van der Waals surface area contributed by atoms with Gasteiger partial charge in [0.2, 0.25) is 0 Å². The van der Waals surface area contributed by atoms with Crippen molar-refractivity contribution in [1.82, 2.24) is 4.98 Å². The molecular formula is C17H21N3O. The fourth-order valence-corrected chi connectivity index (χ4v) is 1.99. The standard InChI is InChI=1S/C17H21N3O/c1-4-18-16-7-5-6-15(20-16)17(21)19-14-10-8-13(9-11-14)12(2)3/h5-12H,4H2,1-3H3,(H,18,20)(H,19,21). The third kappa shape index (κ3) is 4.05. The molecule has 110 valence electrons. The molecule has 0 bridgehead atoms.